The molecule has 0 bridgehead atoms. The van der Waals surface area contributed by atoms with E-state index in [1.54, 1.807) is 74.5 Å². The molecule has 0 aliphatic rings. The van der Waals surface area contributed by atoms with Crippen molar-refractivity contribution in [2.45, 2.75) is 147 Å². The standard InChI is InChI=1S/C61H94N24O11/c1-36(2)29-46(58(95)96)83-55(92)43(22-14-27-73-61(68)69)81-57(94)45(31-39-17-8-5-9-18-39)82-54(91)40(19-10-11-24-70-47(87)32-84(28-23-62)48(88)33-85-35-76-49-50(63)74-34-75-51(49)85)78-52(89)41(20-12-25-71-59(64)65)79-53(90)42(21-13-26-72-60(66)67)80-56(93)44(77-37(3)86)30-38-15-6-4-7-16-38/h4-9,15-18,34-36,40-46H,10-14,19-33,62H2,1-3H3,(H,70,87)(H,77,86)(H,78,89)(H,79,90)(H,80,93)(H,81,94)(H,82,91)(H,83,92)(H,95,96)(H2,63,74,75)(H4,64,65,71)(H4,66,67,72)(H4,68,69,73)/t40-,41-,42-,43-,44-,45-,46-/m0/s1. The number of imidazole rings is 1. The first-order valence-electron chi connectivity index (χ1n) is 31.5. The van der Waals surface area contributed by atoms with Crippen LogP contribution in [0, 0.1) is 5.92 Å². The summed E-state index contributed by atoms with van der Waals surface area (Å²) in [7, 11) is 0. The normalized spacial score (nSPS) is 13.1. The number of unbranched alkanes of at least 4 members (excludes halogenated alkanes) is 1. The summed E-state index contributed by atoms with van der Waals surface area (Å²) in [4.78, 5) is 165. The van der Waals surface area contributed by atoms with Crippen LogP contribution in [0.3, 0.4) is 0 Å². The van der Waals surface area contributed by atoms with Gasteiger partial charge >= 0.3 is 5.97 Å². The Morgan fingerprint density at radius 2 is 0.969 bits per heavy atom. The molecule has 2 aromatic heterocycles. The first-order valence-corrected chi connectivity index (χ1v) is 31.5. The molecule has 0 spiro atoms. The van der Waals surface area contributed by atoms with E-state index in [1.165, 1.54) is 29.0 Å². The lowest BCUT2D eigenvalue weighted by Gasteiger charge is -2.28. The summed E-state index contributed by atoms with van der Waals surface area (Å²) in [6.45, 7) is 4.25. The number of nitrogen functional groups attached to an aromatic ring is 1. The molecule has 0 radical (unpaired) electrons. The highest BCUT2D eigenvalue weighted by Gasteiger charge is 2.35. The minimum atomic E-state index is -1.51. The highest BCUT2D eigenvalue weighted by atomic mass is 16.4. The Hall–Kier alpha value is -10.7. The monoisotopic (exact) mass is 1340 g/mol. The van der Waals surface area contributed by atoms with E-state index in [-0.39, 0.29) is 159 Å². The molecule has 4 aromatic rings. The third-order valence-electron chi connectivity index (χ3n) is 14.6. The number of carboxylic acids is 1. The molecule has 35 heteroatoms. The summed E-state index contributed by atoms with van der Waals surface area (Å²) < 4.78 is 1.46. The number of amides is 9. The van der Waals surface area contributed by atoms with E-state index in [2.05, 4.69) is 72.5 Å². The number of carbonyl (C=O) groups excluding carboxylic acids is 9. The molecule has 0 aliphatic carbocycles. The lowest BCUT2D eigenvalue weighted by Crippen LogP contribution is -2.60. The number of hydrogen-bond acceptors (Lipinski definition) is 18. The van der Waals surface area contributed by atoms with Gasteiger partial charge in [0.25, 0.3) is 0 Å². The number of aromatic nitrogens is 4. The molecule has 96 heavy (non-hydrogen) atoms. The minimum absolute atomic E-state index is 0.00756. The van der Waals surface area contributed by atoms with Gasteiger partial charge < -0.3 is 103 Å². The maximum absolute atomic E-state index is 15.0. The molecular formula is C61H94N24O11. The first kappa shape index (κ1) is 77.7. The second kappa shape index (κ2) is 41.1. The van der Waals surface area contributed by atoms with Gasteiger partial charge in [-0.3, -0.25) is 58.1 Å². The Morgan fingerprint density at radius 1 is 0.552 bits per heavy atom. The van der Waals surface area contributed by atoms with Crippen LogP contribution in [0.15, 0.2) is 88.3 Å². The fraction of sp³-hybridized carbons (Fsp3) is 0.508. The van der Waals surface area contributed by atoms with Crippen LogP contribution in [0.4, 0.5) is 5.82 Å². The van der Waals surface area contributed by atoms with Crippen molar-refractivity contribution in [2.75, 3.05) is 51.5 Å². The Labute approximate surface area is 555 Å². The number of hydrogen-bond donors (Lipinski definition) is 17. The van der Waals surface area contributed by atoms with Gasteiger partial charge in [-0.1, -0.05) is 74.5 Å². The van der Waals surface area contributed by atoms with Crippen LogP contribution in [0.2, 0.25) is 0 Å². The number of carbonyl (C=O) groups is 10. The SMILES string of the molecule is CC(=O)N[C@@H](Cc1ccccc1)C(=O)N[C@@H](CCCN=C(N)N)C(=O)N[C@@H](CCCN=C(N)N)C(=O)N[C@@H](CCCCNC(=O)CN(CCN)C(=O)Cn1cnc2c(N)ncnc21)C(=O)N[C@@H](Cc1ccccc1)C(=O)N[C@@H](CCCN=C(N)N)C(=O)N[C@@H](CC(C)C)C(=O)O. The van der Waals surface area contributed by atoms with E-state index in [0.29, 0.717) is 22.3 Å². The van der Waals surface area contributed by atoms with Crippen molar-refractivity contribution in [1.82, 2.24) is 67.0 Å². The van der Waals surface area contributed by atoms with Crippen LogP contribution in [0.25, 0.3) is 11.2 Å². The molecule has 2 aromatic carbocycles. The van der Waals surface area contributed by atoms with E-state index >= 15 is 4.79 Å². The number of benzene rings is 2. The number of anilines is 1. The fourth-order valence-corrected chi connectivity index (χ4v) is 9.91. The van der Waals surface area contributed by atoms with Crippen molar-refractivity contribution >= 4 is 94.0 Å². The van der Waals surface area contributed by atoms with E-state index in [1.807, 2.05) is 0 Å². The Balaban J connectivity index is 1.70. The summed E-state index contributed by atoms with van der Waals surface area (Å²) in [5.41, 5.74) is 47.1. The summed E-state index contributed by atoms with van der Waals surface area (Å²) in [6, 6.07) is 7.65. The van der Waals surface area contributed by atoms with Crippen LogP contribution in [0.1, 0.15) is 96.1 Å². The van der Waals surface area contributed by atoms with Crippen molar-refractivity contribution < 1.29 is 53.1 Å². The highest BCUT2D eigenvalue weighted by Crippen LogP contribution is 2.16. The quantitative estimate of drug-likeness (QED) is 0.0113. The zero-order valence-electron chi connectivity index (χ0n) is 54.4. The third-order valence-corrected chi connectivity index (χ3v) is 14.6. The van der Waals surface area contributed by atoms with Crippen LogP contribution in [-0.2, 0) is 67.3 Å². The van der Waals surface area contributed by atoms with Crippen LogP contribution in [-0.4, -0.2) is 195 Å². The second-order valence-corrected chi connectivity index (χ2v) is 23.1. The summed E-state index contributed by atoms with van der Waals surface area (Å²) in [5, 5.41) is 31.6. The number of fused-ring (bicyclic) bond motifs is 1. The Bertz CT molecular complexity index is 3300. The number of nitrogens with zero attached hydrogens (tertiary/aromatic N) is 8. The van der Waals surface area contributed by atoms with Crippen molar-refractivity contribution in [3.63, 3.8) is 0 Å². The number of aliphatic imine (C=N–C) groups is 3. The van der Waals surface area contributed by atoms with Crippen molar-refractivity contribution in [3.8, 4) is 0 Å². The third kappa shape index (κ3) is 28.6. The lowest BCUT2D eigenvalue weighted by atomic mass is 10.0. The molecule has 524 valence electrons. The van der Waals surface area contributed by atoms with Gasteiger partial charge in [0.15, 0.2) is 29.3 Å². The second-order valence-electron chi connectivity index (χ2n) is 23.1. The van der Waals surface area contributed by atoms with Crippen molar-refractivity contribution in [3.05, 3.63) is 84.4 Å². The summed E-state index contributed by atoms with van der Waals surface area (Å²) in [5.74, 6) is -8.73. The van der Waals surface area contributed by atoms with Crippen LogP contribution < -0.4 is 88.4 Å². The molecule has 0 aliphatic heterocycles. The van der Waals surface area contributed by atoms with E-state index < -0.39 is 101 Å². The maximum atomic E-state index is 15.0. The van der Waals surface area contributed by atoms with E-state index in [9.17, 15) is 48.3 Å². The largest absolute Gasteiger partial charge is 0.480 e. The van der Waals surface area contributed by atoms with Crippen molar-refractivity contribution in [2.24, 2.45) is 61.0 Å². The average molecular weight is 1340 g/mol. The number of nitrogens with two attached hydrogens (primary N) is 8. The average Bonchev–Trinajstić information content (AvgIpc) is 1.64. The van der Waals surface area contributed by atoms with E-state index in [4.69, 9.17) is 45.9 Å². The van der Waals surface area contributed by atoms with Gasteiger partial charge in [0.05, 0.1) is 12.9 Å². The van der Waals surface area contributed by atoms with Gasteiger partial charge in [-0.2, -0.15) is 0 Å². The number of nitrogens with one attached hydrogen (secondary N) is 8. The zero-order valence-corrected chi connectivity index (χ0v) is 54.4. The van der Waals surface area contributed by atoms with Crippen molar-refractivity contribution in [1.29, 1.82) is 0 Å². The molecule has 4 rings (SSSR count). The molecule has 9 amide bonds. The maximum Gasteiger partial charge on any atom is 0.326 e. The van der Waals surface area contributed by atoms with Crippen LogP contribution in [0.5, 0.6) is 0 Å². The molecule has 0 saturated carbocycles. The topological polar surface area (TPSA) is 579 Å². The van der Waals surface area contributed by atoms with Gasteiger partial charge in [-0.25, -0.2) is 19.7 Å². The first-order chi connectivity index (χ1) is 45.7. The van der Waals surface area contributed by atoms with Gasteiger partial charge in [-0.15, -0.1) is 0 Å². The summed E-state index contributed by atoms with van der Waals surface area (Å²) in [6.07, 6.45) is 2.73. The zero-order chi connectivity index (χ0) is 70.7. The molecular weight excluding hydrogens is 1240 g/mol. The van der Waals surface area contributed by atoms with E-state index in [0.717, 1.165) is 0 Å². The fourth-order valence-electron chi connectivity index (χ4n) is 9.91. The number of carboxylic acid groups (broad SMARTS) is 1. The Kier molecular flexibility index (Phi) is 33.2. The Morgan fingerprint density at radius 3 is 1.39 bits per heavy atom. The number of aliphatic carboxylic acids is 1. The van der Waals surface area contributed by atoms with Crippen LogP contribution >= 0.6 is 0 Å². The van der Waals surface area contributed by atoms with Gasteiger partial charge in [0, 0.05) is 59.0 Å². The molecule has 25 N–H and O–H groups in total. The molecule has 35 nitrogen and oxygen atoms in total. The smallest absolute Gasteiger partial charge is 0.326 e. The summed E-state index contributed by atoms with van der Waals surface area (Å²) >= 11 is 0. The van der Waals surface area contributed by atoms with Gasteiger partial charge in [0.1, 0.15) is 60.7 Å². The number of guanidine groups is 3. The number of rotatable bonds is 43. The van der Waals surface area contributed by atoms with Gasteiger partial charge in [0.2, 0.25) is 53.2 Å². The lowest BCUT2D eigenvalue weighted by molar-refractivity contribution is -0.143. The predicted molar refractivity (Wildman–Crippen MR) is 359 cm³/mol. The molecule has 0 fully saturated rings. The predicted octanol–water partition coefficient (Wildman–Crippen LogP) is -4.33. The highest BCUT2D eigenvalue weighted by molar-refractivity contribution is 5.98. The molecule has 0 saturated heterocycles. The molecule has 7 atom stereocenters. The minimum Gasteiger partial charge on any atom is -0.480 e. The molecule has 2 heterocycles. The molecule has 0 unspecified atom stereocenters. The van der Waals surface area contributed by atoms with Gasteiger partial charge in [-0.05, 0) is 81.3 Å².